The maximum atomic E-state index is 13.0. The molecule has 0 radical (unpaired) electrons. The van der Waals surface area contributed by atoms with E-state index in [1.54, 1.807) is 18.2 Å². The van der Waals surface area contributed by atoms with E-state index in [0.29, 0.717) is 47.1 Å². The first-order chi connectivity index (χ1) is 13.3. The summed E-state index contributed by atoms with van der Waals surface area (Å²) in [5, 5.41) is 1.21. The van der Waals surface area contributed by atoms with Gasteiger partial charge in [-0.05, 0) is 44.7 Å². The number of hydrogen-bond acceptors (Lipinski definition) is 4. The van der Waals surface area contributed by atoms with Crippen molar-refractivity contribution in [2.45, 2.75) is 27.7 Å². The van der Waals surface area contributed by atoms with Crippen molar-refractivity contribution >= 4 is 49.9 Å². The minimum atomic E-state index is -0.136. The van der Waals surface area contributed by atoms with Crippen molar-refractivity contribution in [1.29, 1.82) is 0 Å². The van der Waals surface area contributed by atoms with Gasteiger partial charge in [-0.2, -0.15) is 0 Å². The van der Waals surface area contributed by atoms with Gasteiger partial charge in [0.05, 0.1) is 30.9 Å². The van der Waals surface area contributed by atoms with Crippen LogP contribution >= 0.6 is 20.2 Å². The molecular weight excluding hydrogens is 402 g/mol. The Balaban J connectivity index is 0.00000420. The summed E-state index contributed by atoms with van der Waals surface area (Å²) in [6.07, 6.45) is 0. The first-order valence-corrected chi connectivity index (χ1v) is 10.7. The summed E-state index contributed by atoms with van der Waals surface area (Å²) in [4.78, 5) is 13.0. The molecular formula is C22H29ClLiO4P. The second kappa shape index (κ2) is 12.5. The first-order valence-electron chi connectivity index (χ1n) is 9.35. The Bertz CT molecular complexity index is 811. The van der Waals surface area contributed by atoms with E-state index in [4.69, 9.17) is 25.8 Å². The van der Waals surface area contributed by atoms with Crippen LogP contribution in [0, 0.1) is 11.8 Å². The van der Waals surface area contributed by atoms with Crippen molar-refractivity contribution in [3.05, 3.63) is 47.0 Å². The van der Waals surface area contributed by atoms with Crippen LogP contribution in [0.5, 0.6) is 17.2 Å². The third-order valence-electron chi connectivity index (χ3n) is 3.78. The van der Waals surface area contributed by atoms with E-state index in [9.17, 15) is 4.79 Å². The van der Waals surface area contributed by atoms with Crippen LogP contribution in [0.1, 0.15) is 38.1 Å². The van der Waals surface area contributed by atoms with Gasteiger partial charge in [0.2, 0.25) is 0 Å². The molecule has 0 saturated carbocycles. The van der Waals surface area contributed by atoms with Gasteiger partial charge in [-0.1, -0.05) is 45.4 Å². The molecule has 0 bridgehead atoms. The summed E-state index contributed by atoms with van der Waals surface area (Å²) in [6, 6.07) is 10.8. The Morgan fingerprint density at radius 3 is 2.28 bits per heavy atom. The number of ether oxygens (including phenoxy) is 3. The van der Waals surface area contributed by atoms with Gasteiger partial charge in [-0.25, -0.2) is 0 Å². The van der Waals surface area contributed by atoms with Crippen LogP contribution in [0.25, 0.3) is 0 Å². The molecule has 0 spiro atoms. The molecule has 0 N–H and O–H groups in total. The summed E-state index contributed by atoms with van der Waals surface area (Å²) in [7, 11) is 1.39. The normalized spacial score (nSPS) is 11.0. The third kappa shape index (κ3) is 7.87. The number of halogens is 1. The van der Waals surface area contributed by atoms with E-state index in [-0.39, 0.29) is 33.0 Å². The summed E-state index contributed by atoms with van der Waals surface area (Å²) in [5.74, 6) is 2.69. The SMILES string of the molecule is COc1cccc(Cl)c1C(=O)Pc1ccc(OCC(C)C)cc1OCC(C)C.[LiH]. The second-order valence-corrected chi connectivity index (χ2v) is 8.99. The fraction of sp³-hybridized carbons (Fsp3) is 0.409. The maximum absolute atomic E-state index is 13.0. The van der Waals surface area contributed by atoms with Crippen molar-refractivity contribution < 1.29 is 19.0 Å². The van der Waals surface area contributed by atoms with Gasteiger partial charge in [-0.15, -0.1) is 0 Å². The number of methoxy groups -OCH3 is 1. The molecule has 4 nitrogen and oxygen atoms in total. The monoisotopic (exact) mass is 430 g/mol. The predicted molar refractivity (Wildman–Crippen MR) is 125 cm³/mol. The van der Waals surface area contributed by atoms with Gasteiger partial charge in [0.1, 0.15) is 17.2 Å². The molecule has 0 aromatic heterocycles. The van der Waals surface area contributed by atoms with Crippen LogP contribution < -0.4 is 19.5 Å². The van der Waals surface area contributed by atoms with Crippen molar-refractivity contribution in [2.75, 3.05) is 20.3 Å². The molecule has 154 valence electrons. The second-order valence-electron chi connectivity index (χ2n) is 7.34. The molecule has 1 unspecified atom stereocenters. The number of benzene rings is 2. The average Bonchev–Trinajstić information content (AvgIpc) is 2.65. The Morgan fingerprint density at radius 2 is 1.66 bits per heavy atom. The summed E-state index contributed by atoms with van der Waals surface area (Å²) in [5.41, 5.74) is 0.313. The van der Waals surface area contributed by atoms with E-state index in [0.717, 1.165) is 11.1 Å². The Hall–Kier alpha value is -1.17. The number of carbonyl (C=O) groups excluding carboxylic acids is 1. The van der Waals surface area contributed by atoms with Gasteiger partial charge < -0.3 is 14.2 Å². The molecule has 0 aliphatic rings. The zero-order valence-corrected chi connectivity index (χ0v) is 18.8. The van der Waals surface area contributed by atoms with Crippen LogP contribution in [0.2, 0.25) is 5.02 Å². The van der Waals surface area contributed by atoms with Crippen molar-refractivity contribution in [3.8, 4) is 17.2 Å². The number of rotatable bonds is 10. The van der Waals surface area contributed by atoms with Crippen molar-refractivity contribution in [3.63, 3.8) is 0 Å². The summed E-state index contributed by atoms with van der Waals surface area (Å²) in [6.45, 7) is 9.56. The standard InChI is InChI=1S/C22H28ClO4P.Li.H/c1-14(2)12-26-16-9-10-20(19(11-16)27-13-15(3)4)28-22(24)21-17(23)7-6-8-18(21)25-5;;/h6-11,14-15,28H,12-13H2,1-5H3;;. The van der Waals surface area contributed by atoms with Crippen molar-refractivity contribution in [1.82, 2.24) is 0 Å². The Kier molecular flexibility index (Phi) is 11.2. The molecule has 0 heterocycles. The van der Waals surface area contributed by atoms with Crippen LogP contribution in [0.3, 0.4) is 0 Å². The quantitative estimate of drug-likeness (QED) is 0.396. The van der Waals surface area contributed by atoms with Gasteiger partial charge in [-0.3, -0.25) is 4.79 Å². The molecule has 2 aromatic rings. The topological polar surface area (TPSA) is 44.8 Å². The van der Waals surface area contributed by atoms with Crippen LogP contribution in [0.15, 0.2) is 36.4 Å². The van der Waals surface area contributed by atoms with Gasteiger partial charge in [0, 0.05) is 11.4 Å². The average molecular weight is 431 g/mol. The fourth-order valence-electron chi connectivity index (χ4n) is 2.41. The molecule has 0 amide bonds. The Morgan fingerprint density at radius 1 is 1.00 bits per heavy atom. The molecule has 0 aliphatic heterocycles. The molecule has 0 fully saturated rings. The molecule has 1 atom stereocenters. The fourth-order valence-corrected chi connectivity index (χ4v) is 3.81. The zero-order valence-electron chi connectivity index (χ0n) is 17.0. The first kappa shape index (κ1) is 25.9. The van der Waals surface area contributed by atoms with Gasteiger partial charge in [0.25, 0.3) is 0 Å². The van der Waals surface area contributed by atoms with Crippen LogP contribution in [-0.2, 0) is 0 Å². The number of hydrogen-bond donors (Lipinski definition) is 0. The zero-order chi connectivity index (χ0) is 20.7. The Labute approximate surface area is 192 Å². The molecule has 7 heteroatoms. The molecule has 2 aromatic carbocycles. The van der Waals surface area contributed by atoms with Crippen molar-refractivity contribution in [2.24, 2.45) is 11.8 Å². The van der Waals surface area contributed by atoms with E-state index in [1.807, 2.05) is 18.2 Å². The third-order valence-corrected chi connectivity index (χ3v) is 5.25. The molecule has 2 rings (SSSR count). The van der Waals surface area contributed by atoms with E-state index >= 15 is 0 Å². The molecule has 0 aliphatic carbocycles. The van der Waals surface area contributed by atoms with E-state index < -0.39 is 0 Å². The molecule has 0 saturated heterocycles. The van der Waals surface area contributed by atoms with Gasteiger partial charge >= 0.3 is 18.9 Å². The van der Waals surface area contributed by atoms with Crippen LogP contribution in [-0.4, -0.2) is 44.7 Å². The molecule has 29 heavy (non-hydrogen) atoms. The minimum absolute atomic E-state index is 0. The van der Waals surface area contributed by atoms with E-state index in [1.165, 1.54) is 7.11 Å². The summed E-state index contributed by atoms with van der Waals surface area (Å²) >= 11 is 6.26. The number of carbonyl (C=O) groups is 1. The predicted octanol–water partition coefficient (Wildman–Crippen LogP) is 4.91. The van der Waals surface area contributed by atoms with E-state index in [2.05, 4.69) is 27.7 Å². The van der Waals surface area contributed by atoms with Crippen LogP contribution in [0.4, 0.5) is 0 Å². The summed E-state index contributed by atoms with van der Waals surface area (Å²) < 4.78 is 17.1. The van der Waals surface area contributed by atoms with Gasteiger partial charge in [0.15, 0.2) is 5.52 Å².